The number of imidazole rings is 1. The van der Waals surface area contributed by atoms with Crippen molar-refractivity contribution in [2.45, 2.75) is 25.7 Å². The number of H-pyrrole nitrogens is 1. The number of amides is 1. The average Bonchev–Trinajstić information content (AvgIpc) is 3.08. The van der Waals surface area contributed by atoms with Gasteiger partial charge in [-0.25, -0.2) is 4.98 Å². The molecular weight excluding hydrogens is 312 g/mol. The first-order valence-corrected chi connectivity index (χ1v) is 8.91. The fourth-order valence-electron chi connectivity index (χ4n) is 3.70. The van der Waals surface area contributed by atoms with Crippen LogP contribution >= 0.6 is 0 Å². The molecule has 1 N–H and O–H groups in total. The van der Waals surface area contributed by atoms with Crippen LogP contribution in [0.5, 0.6) is 0 Å². The van der Waals surface area contributed by atoms with Crippen molar-refractivity contribution in [3.05, 3.63) is 60.3 Å². The number of hydrogen-bond donors (Lipinski definition) is 1. The summed E-state index contributed by atoms with van der Waals surface area (Å²) in [7, 11) is 0. The predicted octanol–water partition coefficient (Wildman–Crippen LogP) is 3.44. The predicted molar refractivity (Wildman–Crippen MR) is 97.3 cm³/mol. The normalized spacial score (nSPS) is 18.2. The molecule has 3 aromatic rings. The maximum Gasteiger partial charge on any atom is 0.271 e. The molecule has 0 unspecified atom stereocenters. The fraction of sp³-hybridized carbons (Fsp3) is 0.350. The number of likely N-dealkylation sites (tertiary alicyclic amines) is 1. The van der Waals surface area contributed by atoms with Crippen molar-refractivity contribution < 1.29 is 4.79 Å². The number of nitrogens with zero attached hydrogens (tertiary/aromatic N) is 3. The lowest BCUT2D eigenvalue weighted by Crippen LogP contribution is -2.32. The number of fused-ring (bicyclic) bond motifs is 1. The van der Waals surface area contributed by atoms with Gasteiger partial charge in [-0.2, -0.15) is 0 Å². The van der Waals surface area contributed by atoms with Crippen molar-refractivity contribution in [3.63, 3.8) is 0 Å². The molecule has 128 valence electrons. The monoisotopic (exact) mass is 334 g/mol. The lowest BCUT2D eigenvalue weighted by atomic mass is 9.92. The molecule has 1 saturated heterocycles. The molecule has 0 bridgehead atoms. The summed E-state index contributed by atoms with van der Waals surface area (Å²) in [6.07, 6.45) is 9.33. The van der Waals surface area contributed by atoms with Crippen LogP contribution in [0.1, 0.15) is 35.3 Å². The van der Waals surface area contributed by atoms with Crippen LogP contribution in [0.15, 0.2) is 49.1 Å². The van der Waals surface area contributed by atoms with Gasteiger partial charge in [0.05, 0.1) is 18.0 Å². The van der Waals surface area contributed by atoms with Crippen LogP contribution < -0.4 is 0 Å². The number of pyridine rings is 1. The van der Waals surface area contributed by atoms with Crippen molar-refractivity contribution in [2.24, 2.45) is 5.92 Å². The van der Waals surface area contributed by atoms with E-state index in [1.807, 2.05) is 17.2 Å². The van der Waals surface area contributed by atoms with Crippen LogP contribution in [0.2, 0.25) is 0 Å². The third-order valence-electron chi connectivity index (χ3n) is 5.06. The molecule has 1 aliphatic rings. The van der Waals surface area contributed by atoms with Crippen molar-refractivity contribution in [2.75, 3.05) is 13.1 Å². The summed E-state index contributed by atoms with van der Waals surface area (Å²) in [5, 5.41) is 1.20. The minimum absolute atomic E-state index is 0.0647. The SMILES string of the molecule is O=C(c1cnc[nH]1)N1CCC[C@@H](Cc2ccc3ncccc3c2)CC1. The molecule has 5 heteroatoms. The molecule has 3 heterocycles. The number of carbonyl (C=O) groups excluding carboxylic acids is 1. The molecule has 1 amide bonds. The quantitative estimate of drug-likeness (QED) is 0.798. The molecule has 5 nitrogen and oxygen atoms in total. The largest absolute Gasteiger partial charge is 0.341 e. The first kappa shape index (κ1) is 15.8. The molecule has 4 rings (SSSR count). The highest BCUT2D eigenvalue weighted by atomic mass is 16.2. The van der Waals surface area contributed by atoms with Gasteiger partial charge in [0.1, 0.15) is 5.69 Å². The van der Waals surface area contributed by atoms with E-state index in [2.05, 4.69) is 39.2 Å². The zero-order valence-corrected chi connectivity index (χ0v) is 14.2. The molecule has 1 aliphatic heterocycles. The first-order valence-electron chi connectivity index (χ1n) is 8.91. The molecule has 0 spiro atoms. The van der Waals surface area contributed by atoms with E-state index in [1.54, 1.807) is 12.5 Å². The Morgan fingerprint density at radius 1 is 1.24 bits per heavy atom. The zero-order chi connectivity index (χ0) is 17.1. The second kappa shape index (κ2) is 7.05. The third-order valence-corrected chi connectivity index (χ3v) is 5.06. The van der Waals surface area contributed by atoms with Crippen molar-refractivity contribution >= 4 is 16.8 Å². The van der Waals surface area contributed by atoms with E-state index in [4.69, 9.17) is 0 Å². The standard InChI is InChI=1S/C20H22N4O/c25-20(19-13-21-14-23-19)24-9-2-3-15(7-10-24)11-16-5-6-18-17(12-16)4-1-8-22-18/h1,4-6,8,12-15H,2-3,7,9-11H2,(H,21,23)/t15-/m1/s1. The van der Waals surface area contributed by atoms with Gasteiger partial charge in [0.2, 0.25) is 0 Å². The van der Waals surface area contributed by atoms with Crippen molar-refractivity contribution in [3.8, 4) is 0 Å². The van der Waals surface area contributed by atoms with E-state index in [-0.39, 0.29) is 5.91 Å². The summed E-state index contributed by atoms with van der Waals surface area (Å²) >= 11 is 0. The van der Waals surface area contributed by atoms with Gasteiger partial charge < -0.3 is 9.88 Å². The first-order chi connectivity index (χ1) is 12.3. The molecule has 1 fully saturated rings. The van der Waals surface area contributed by atoms with Crippen LogP contribution in [-0.4, -0.2) is 38.8 Å². The van der Waals surface area contributed by atoms with E-state index >= 15 is 0 Å². The summed E-state index contributed by atoms with van der Waals surface area (Å²) < 4.78 is 0. The van der Waals surface area contributed by atoms with Crippen molar-refractivity contribution in [1.29, 1.82) is 0 Å². The molecule has 0 aliphatic carbocycles. The van der Waals surface area contributed by atoms with Gasteiger partial charge in [0.25, 0.3) is 5.91 Å². The van der Waals surface area contributed by atoms with Gasteiger partial charge in [0.15, 0.2) is 0 Å². The highest BCUT2D eigenvalue weighted by Crippen LogP contribution is 2.24. The number of rotatable bonds is 3. The molecule has 25 heavy (non-hydrogen) atoms. The molecule has 0 radical (unpaired) electrons. The number of hydrogen-bond acceptors (Lipinski definition) is 3. The van der Waals surface area contributed by atoms with Gasteiger partial charge in [-0.3, -0.25) is 9.78 Å². The van der Waals surface area contributed by atoms with Gasteiger partial charge >= 0.3 is 0 Å². The lowest BCUT2D eigenvalue weighted by Gasteiger charge is -2.19. The minimum Gasteiger partial charge on any atom is -0.341 e. The molecule has 1 atom stereocenters. The Hall–Kier alpha value is -2.69. The number of aromatic nitrogens is 3. The number of nitrogens with one attached hydrogen (secondary N) is 1. The van der Waals surface area contributed by atoms with Gasteiger partial charge in [-0.05, 0) is 55.4 Å². The Balaban J connectivity index is 1.41. The zero-order valence-electron chi connectivity index (χ0n) is 14.2. The van der Waals surface area contributed by atoms with E-state index in [1.165, 1.54) is 10.9 Å². The smallest absolute Gasteiger partial charge is 0.271 e. The highest BCUT2D eigenvalue weighted by molar-refractivity contribution is 5.92. The second-order valence-corrected chi connectivity index (χ2v) is 6.79. The Bertz CT molecular complexity index is 859. The van der Waals surface area contributed by atoms with Crippen LogP contribution in [0.25, 0.3) is 10.9 Å². The molecular formula is C20H22N4O. The van der Waals surface area contributed by atoms with Crippen LogP contribution in [0.4, 0.5) is 0 Å². The van der Waals surface area contributed by atoms with E-state index in [0.29, 0.717) is 11.6 Å². The average molecular weight is 334 g/mol. The summed E-state index contributed by atoms with van der Waals surface area (Å²) in [5.74, 6) is 0.684. The Kier molecular flexibility index (Phi) is 4.46. The topological polar surface area (TPSA) is 61.9 Å². The maximum absolute atomic E-state index is 12.5. The Morgan fingerprint density at radius 2 is 2.20 bits per heavy atom. The highest BCUT2D eigenvalue weighted by Gasteiger charge is 2.22. The summed E-state index contributed by atoms with van der Waals surface area (Å²) in [4.78, 5) is 25.7. The minimum atomic E-state index is 0.0647. The number of carbonyl (C=O) groups is 1. The molecule has 1 aromatic carbocycles. The van der Waals surface area contributed by atoms with Gasteiger partial charge in [0, 0.05) is 24.7 Å². The fourth-order valence-corrected chi connectivity index (χ4v) is 3.70. The van der Waals surface area contributed by atoms with Crippen molar-refractivity contribution in [1.82, 2.24) is 19.9 Å². The van der Waals surface area contributed by atoms with E-state index < -0.39 is 0 Å². The van der Waals surface area contributed by atoms with Gasteiger partial charge in [-0.1, -0.05) is 12.1 Å². The van der Waals surface area contributed by atoms with Crippen LogP contribution in [-0.2, 0) is 6.42 Å². The number of benzene rings is 1. The Morgan fingerprint density at radius 3 is 3.08 bits per heavy atom. The molecule has 2 aromatic heterocycles. The summed E-state index contributed by atoms with van der Waals surface area (Å²) in [6, 6.07) is 10.6. The van der Waals surface area contributed by atoms with Crippen LogP contribution in [0.3, 0.4) is 0 Å². The maximum atomic E-state index is 12.5. The summed E-state index contributed by atoms with van der Waals surface area (Å²) in [5.41, 5.74) is 2.99. The molecule has 0 saturated carbocycles. The lowest BCUT2D eigenvalue weighted by molar-refractivity contribution is 0.0754. The second-order valence-electron chi connectivity index (χ2n) is 6.79. The number of aromatic amines is 1. The van der Waals surface area contributed by atoms with Crippen LogP contribution in [0, 0.1) is 5.92 Å². The Labute approximate surface area is 147 Å². The third kappa shape index (κ3) is 3.55. The summed E-state index contributed by atoms with van der Waals surface area (Å²) in [6.45, 7) is 1.65. The van der Waals surface area contributed by atoms with Gasteiger partial charge in [-0.15, -0.1) is 0 Å². The van der Waals surface area contributed by atoms with E-state index in [0.717, 1.165) is 44.3 Å². The van der Waals surface area contributed by atoms with E-state index in [9.17, 15) is 4.79 Å².